The molecule has 0 saturated heterocycles. The molecule has 0 heterocycles. The Bertz CT molecular complexity index is 210. The lowest BCUT2D eigenvalue weighted by Gasteiger charge is -2.03. The molecule has 16 heavy (non-hydrogen) atoms. The van der Waals surface area contributed by atoms with Crippen LogP contribution in [0.25, 0.3) is 0 Å². The Hall–Kier alpha value is -1.04. The highest BCUT2D eigenvalue weighted by molar-refractivity contribution is 5.16. The Morgan fingerprint density at radius 2 is 1.88 bits per heavy atom. The third-order valence-corrected chi connectivity index (χ3v) is 2.37. The van der Waals surface area contributed by atoms with Gasteiger partial charge in [-0.2, -0.15) is 0 Å². The number of unbranched alkanes of at least 4 members (excludes halogenated alkanes) is 2. The lowest BCUT2D eigenvalue weighted by molar-refractivity contribution is 0.871. The first-order chi connectivity index (χ1) is 7.35. The van der Waals surface area contributed by atoms with Crippen molar-refractivity contribution in [2.45, 2.75) is 52.9 Å². The molecular weight excluding hydrogens is 192 g/mol. The number of hydrogen-bond donors (Lipinski definition) is 0. The maximum Gasteiger partial charge on any atom is -0.0282 e. The van der Waals surface area contributed by atoms with Gasteiger partial charge in [0.15, 0.2) is 0 Å². The van der Waals surface area contributed by atoms with Gasteiger partial charge in [0.1, 0.15) is 0 Å². The van der Waals surface area contributed by atoms with Gasteiger partial charge in [0, 0.05) is 0 Å². The molecule has 92 valence electrons. The standard InChI is InChI=1S/C8H12.C7H12.CH4/c1-2-8-6-4-3-5-7-8;1-3-5-7-6-4-2;/h3-4,6H,2,5,7H2,1H3;3-4H,1-2,5-7H2;1H4. The molecule has 0 bridgehead atoms. The van der Waals surface area contributed by atoms with Gasteiger partial charge < -0.3 is 0 Å². The molecule has 0 aromatic heterocycles. The van der Waals surface area contributed by atoms with Gasteiger partial charge in [0.2, 0.25) is 0 Å². The van der Waals surface area contributed by atoms with Crippen molar-refractivity contribution in [1.82, 2.24) is 0 Å². The summed E-state index contributed by atoms with van der Waals surface area (Å²) in [4.78, 5) is 0. The maximum atomic E-state index is 3.60. The predicted molar refractivity (Wildman–Crippen MR) is 77.7 cm³/mol. The van der Waals surface area contributed by atoms with Crippen molar-refractivity contribution in [3.8, 4) is 0 Å². The van der Waals surface area contributed by atoms with Gasteiger partial charge in [-0.15, -0.1) is 13.2 Å². The normalized spacial score (nSPS) is 12.7. The van der Waals surface area contributed by atoms with Gasteiger partial charge in [-0.05, 0) is 38.5 Å². The Kier molecular flexibility index (Phi) is 15.1. The molecule has 0 saturated carbocycles. The van der Waals surface area contributed by atoms with Crippen molar-refractivity contribution in [2.24, 2.45) is 0 Å². The molecule has 0 heteroatoms. The summed E-state index contributed by atoms with van der Waals surface area (Å²) in [7, 11) is 0. The van der Waals surface area contributed by atoms with Crippen molar-refractivity contribution in [3.63, 3.8) is 0 Å². The zero-order valence-corrected chi connectivity index (χ0v) is 10.0. The second kappa shape index (κ2) is 14.0. The van der Waals surface area contributed by atoms with Crippen LogP contribution >= 0.6 is 0 Å². The fourth-order valence-electron chi connectivity index (χ4n) is 1.35. The number of hydrogen-bond acceptors (Lipinski definition) is 0. The monoisotopic (exact) mass is 220 g/mol. The molecule has 0 fully saturated rings. The lowest BCUT2D eigenvalue weighted by atomic mass is 10.0. The second-order valence-electron chi connectivity index (χ2n) is 3.65. The average Bonchev–Trinajstić information content (AvgIpc) is 2.32. The molecule has 0 amide bonds. The third kappa shape index (κ3) is 11.0. The molecule has 0 atom stereocenters. The summed E-state index contributed by atoms with van der Waals surface area (Å²) in [5, 5.41) is 0. The highest BCUT2D eigenvalue weighted by atomic mass is 14.0. The van der Waals surface area contributed by atoms with Gasteiger partial charge in [-0.3, -0.25) is 0 Å². The van der Waals surface area contributed by atoms with E-state index in [0.717, 1.165) is 12.8 Å². The molecule has 0 spiro atoms. The van der Waals surface area contributed by atoms with Gasteiger partial charge in [0.05, 0.1) is 0 Å². The number of allylic oxidation sites excluding steroid dienone is 6. The highest BCUT2D eigenvalue weighted by Crippen LogP contribution is 2.13. The van der Waals surface area contributed by atoms with Crippen LogP contribution in [0.1, 0.15) is 52.9 Å². The van der Waals surface area contributed by atoms with E-state index in [1.165, 1.54) is 25.7 Å². The smallest absolute Gasteiger partial charge is 0.0282 e. The molecule has 1 rings (SSSR count). The Morgan fingerprint density at radius 3 is 2.19 bits per heavy atom. The second-order valence-corrected chi connectivity index (χ2v) is 3.65. The summed E-state index contributed by atoms with van der Waals surface area (Å²) in [6.45, 7) is 9.41. The molecule has 0 N–H and O–H groups in total. The van der Waals surface area contributed by atoms with Crippen molar-refractivity contribution < 1.29 is 0 Å². The van der Waals surface area contributed by atoms with Gasteiger partial charge in [0.25, 0.3) is 0 Å². The van der Waals surface area contributed by atoms with Crippen LogP contribution < -0.4 is 0 Å². The molecule has 0 aliphatic heterocycles. The van der Waals surface area contributed by atoms with Crippen molar-refractivity contribution in [3.05, 3.63) is 49.1 Å². The van der Waals surface area contributed by atoms with Gasteiger partial charge >= 0.3 is 0 Å². The van der Waals surface area contributed by atoms with Crippen LogP contribution in [0.3, 0.4) is 0 Å². The van der Waals surface area contributed by atoms with E-state index < -0.39 is 0 Å². The van der Waals surface area contributed by atoms with Crippen LogP contribution in [0.15, 0.2) is 49.1 Å². The minimum absolute atomic E-state index is 0. The lowest BCUT2D eigenvalue weighted by Crippen LogP contribution is -1.83. The summed E-state index contributed by atoms with van der Waals surface area (Å²) >= 11 is 0. The van der Waals surface area contributed by atoms with E-state index in [0.29, 0.717) is 0 Å². The third-order valence-electron chi connectivity index (χ3n) is 2.37. The van der Waals surface area contributed by atoms with Crippen LogP contribution in [0.4, 0.5) is 0 Å². The Labute approximate surface area is 102 Å². The summed E-state index contributed by atoms with van der Waals surface area (Å²) in [6.07, 6.45) is 17.7. The van der Waals surface area contributed by atoms with Crippen LogP contribution in [0, 0.1) is 0 Å². The van der Waals surface area contributed by atoms with E-state index in [1.54, 1.807) is 5.57 Å². The Morgan fingerprint density at radius 1 is 1.25 bits per heavy atom. The average molecular weight is 220 g/mol. The molecule has 0 unspecified atom stereocenters. The predicted octanol–water partition coefficient (Wildman–Crippen LogP) is 5.84. The minimum atomic E-state index is 0. The van der Waals surface area contributed by atoms with E-state index in [-0.39, 0.29) is 7.43 Å². The minimum Gasteiger partial charge on any atom is -0.103 e. The molecule has 0 nitrogen and oxygen atoms in total. The van der Waals surface area contributed by atoms with Gasteiger partial charge in [-0.25, -0.2) is 0 Å². The quantitative estimate of drug-likeness (QED) is 0.403. The van der Waals surface area contributed by atoms with E-state index >= 15 is 0 Å². The summed E-state index contributed by atoms with van der Waals surface area (Å²) in [5.41, 5.74) is 1.59. The zero-order chi connectivity index (χ0) is 11.4. The van der Waals surface area contributed by atoms with E-state index in [4.69, 9.17) is 0 Å². The fraction of sp³-hybridized carbons (Fsp3) is 0.500. The van der Waals surface area contributed by atoms with Crippen LogP contribution in [0.5, 0.6) is 0 Å². The molecule has 1 aliphatic carbocycles. The van der Waals surface area contributed by atoms with Crippen molar-refractivity contribution in [2.75, 3.05) is 0 Å². The summed E-state index contributed by atoms with van der Waals surface area (Å²) in [6, 6.07) is 0. The van der Waals surface area contributed by atoms with Crippen molar-refractivity contribution >= 4 is 0 Å². The molecule has 0 aromatic rings. The van der Waals surface area contributed by atoms with Gasteiger partial charge in [-0.1, -0.05) is 50.3 Å². The van der Waals surface area contributed by atoms with E-state index in [1.807, 2.05) is 12.2 Å². The maximum absolute atomic E-state index is 3.60. The molecule has 1 aliphatic rings. The zero-order valence-electron chi connectivity index (χ0n) is 10.0. The first-order valence-corrected chi connectivity index (χ1v) is 5.91. The summed E-state index contributed by atoms with van der Waals surface area (Å²) in [5.74, 6) is 0. The SMILES string of the molecule is C.C=CCCCC=C.CCC1=CC=CCC1. The molecule has 0 radical (unpaired) electrons. The first-order valence-electron chi connectivity index (χ1n) is 5.91. The summed E-state index contributed by atoms with van der Waals surface area (Å²) < 4.78 is 0. The van der Waals surface area contributed by atoms with E-state index in [9.17, 15) is 0 Å². The number of rotatable bonds is 5. The molecule has 0 aromatic carbocycles. The largest absolute Gasteiger partial charge is 0.103 e. The fourth-order valence-corrected chi connectivity index (χ4v) is 1.35. The van der Waals surface area contributed by atoms with E-state index in [2.05, 4.69) is 38.3 Å². The van der Waals surface area contributed by atoms with Crippen LogP contribution in [-0.4, -0.2) is 0 Å². The van der Waals surface area contributed by atoms with Crippen molar-refractivity contribution in [1.29, 1.82) is 0 Å². The highest BCUT2D eigenvalue weighted by Gasteiger charge is 1.93. The Balaban J connectivity index is 0. The first kappa shape index (κ1) is 17.4. The molecular formula is C16H28. The van der Waals surface area contributed by atoms with Crippen LogP contribution in [-0.2, 0) is 0 Å². The topological polar surface area (TPSA) is 0 Å². The van der Waals surface area contributed by atoms with Crippen LogP contribution in [0.2, 0.25) is 0 Å².